The Kier molecular flexibility index (Phi) is 6.17. The van der Waals surface area contributed by atoms with Crippen LogP contribution in [-0.4, -0.2) is 27.5 Å². The highest BCUT2D eigenvalue weighted by molar-refractivity contribution is 7.89. The third-order valence-corrected chi connectivity index (χ3v) is 5.10. The molecule has 0 saturated carbocycles. The van der Waals surface area contributed by atoms with Crippen molar-refractivity contribution in [3.05, 3.63) is 54.6 Å². The molecule has 0 unspecified atom stereocenters. The second-order valence-electron chi connectivity index (χ2n) is 5.87. The summed E-state index contributed by atoms with van der Waals surface area (Å²) < 4.78 is 32.5. The molecular weight excluding hydrogens is 340 g/mol. The van der Waals surface area contributed by atoms with E-state index >= 15 is 0 Å². The molecule has 2 N–H and O–H groups in total. The van der Waals surface area contributed by atoms with Gasteiger partial charge in [-0.25, -0.2) is 8.42 Å². The molecule has 0 fully saturated rings. The largest absolute Gasteiger partial charge is 0.497 e. The number of nitrogens with one attached hydrogen (secondary N) is 2. The van der Waals surface area contributed by atoms with Gasteiger partial charge in [0.05, 0.1) is 12.0 Å². The Morgan fingerprint density at radius 2 is 1.60 bits per heavy atom. The summed E-state index contributed by atoms with van der Waals surface area (Å²) in [4.78, 5) is 12.7. The van der Waals surface area contributed by atoms with Crippen LogP contribution in [0.3, 0.4) is 0 Å². The smallest absolute Gasteiger partial charge is 0.242 e. The Hall–Kier alpha value is -2.38. The lowest BCUT2D eigenvalue weighted by molar-refractivity contribution is -0.118. The summed E-state index contributed by atoms with van der Waals surface area (Å²) in [6.07, 6.45) is 0. The molecule has 0 aromatic heterocycles. The standard InChI is InChI=1S/C18H22N2O4S/c1-13(2)17(20-25(22,23)16-7-5-4-6-8-16)18(21)19-14-9-11-15(24-3)12-10-14/h4-13,17,20H,1-3H3,(H,19,21)/t17-/m0/s1. The number of anilines is 1. The number of hydrogen-bond donors (Lipinski definition) is 2. The molecule has 2 rings (SSSR count). The van der Waals surface area contributed by atoms with Gasteiger partial charge in [0.25, 0.3) is 0 Å². The average Bonchev–Trinajstić information content (AvgIpc) is 2.61. The van der Waals surface area contributed by atoms with Gasteiger partial charge in [0.2, 0.25) is 15.9 Å². The van der Waals surface area contributed by atoms with Crippen molar-refractivity contribution in [2.75, 3.05) is 12.4 Å². The van der Waals surface area contributed by atoms with E-state index in [1.807, 2.05) is 0 Å². The van der Waals surface area contributed by atoms with Gasteiger partial charge < -0.3 is 10.1 Å². The Bertz CT molecular complexity index is 803. The maximum Gasteiger partial charge on any atom is 0.242 e. The number of rotatable bonds is 7. The Balaban J connectivity index is 2.15. The van der Waals surface area contributed by atoms with Crippen LogP contribution < -0.4 is 14.8 Å². The van der Waals surface area contributed by atoms with Gasteiger partial charge in [-0.15, -0.1) is 0 Å². The van der Waals surface area contributed by atoms with Gasteiger partial charge in [-0.05, 0) is 42.3 Å². The molecule has 0 aliphatic heterocycles. The minimum absolute atomic E-state index is 0.123. The number of ether oxygens (including phenoxy) is 1. The highest BCUT2D eigenvalue weighted by Gasteiger charge is 2.28. The lowest BCUT2D eigenvalue weighted by Gasteiger charge is -2.21. The van der Waals surface area contributed by atoms with Gasteiger partial charge in [0.15, 0.2) is 0 Å². The summed E-state index contributed by atoms with van der Waals surface area (Å²) in [5, 5.41) is 2.73. The molecule has 0 saturated heterocycles. The molecule has 1 amide bonds. The van der Waals surface area contributed by atoms with Crippen LogP contribution in [0.1, 0.15) is 13.8 Å². The highest BCUT2D eigenvalue weighted by atomic mass is 32.2. The SMILES string of the molecule is COc1ccc(NC(=O)[C@@H](NS(=O)(=O)c2ccccc2)C(C)C)cc1. The first-order chi connectivity index (χ1) is 11.8. The minimum Gasteiger partial charge on any atom is -0.497 e. The molecule has 0 bridgehead atoms. The van der Waals surface area contributed by atoms with Crippen LogP contribution in [0.2, 0.25) is 0 Å². The van der Waals surface area contributed by atoms with Crippen LogP contribution in [0, 0.1) is 5.92 Å². The first-order valence-corrected chi connectivity index (χ1v) is 9.34. The number of carbonyl (C=O) groups is 1. The summed E-state index contributed by atoms with van der Waals surface area (Å²) in [5.41, 5.74) is 0.565. The number of benzene rings is 2. The summed E-state index contributed by atoms with van der Waals surface area (Å²) in [6, 6.07) is 13.9. The summed E-state index contributed by atoms with van der Waals surface area (Å²) in [7, 11) is -2.23. The monoisotopic (exact) mass is 362 g/mol. The Morgan fingerprint density at radius 1 is 1.00 bits per heavy atom. The number of carbonyl (C=O) groups excluding carboxylic acids is 1. The van der Waals surface area contributed by atoms with E-state index in [0.29, 0.717) is 11.4 Å². The summed E-state index contributed by atoms with van der Waals surface area (Å²) in [6.45, 7) is 3.57. The fraction of sp³-hybridized carbons (Fsp3) is 0.278. The van der Waals surface area contributed by atoms with Crippen molar-refractivity contribution in [2.45, 2.75) is 24.8 Å². The fourth-order valence-electron chi connectivity index (χ4n) is 2.22. The van der Waals surface area contributed by atoms with Gasteiger partial charge in [0.1, 0.15) is 11.8 Å². The van der Waals surface area contributed by atoms with Crippen molar-refractivity contribution in [3.8, 4) is 5.75 Å². The lowest BCUT2D eigenvalue weighted by atomic mass is 10.0. The van der Waals surface area contributed by atoms with E-state index in [-0.39, 0.29) is 10.8 Å². The molecule has 0 aliphatic rings. The van der Waals surface area contributed by atoms with Crippen LogP contribution in [0.5, 0.6) is 5.75 Å². The first-order valence-electron chi connectivity index (χ1n) is 7.86. The minimum atomic E-state index is -3.78. The van der Waals surface area contributed by atoms with Gasteiger partial charge in [-0.3, -0.25) is 4.79 Å². The molecule has 1 atom stereocenters. The number of methoxy groups -OCH3 is 1. The highest BCUT2D eigenvalue weighted by Crippen LogP contribution is 2.17. The van der Waals surface area contributed by atoms with Gasteiger partial charge >= 0.3 is 0 Å². The van der Waals surface area contributed by atoms with Crippen LogP contribution >= 0.6 is 0 Å². The molecular formula is C18H22N2O4S. The van der Waals surface area contributed by atoms with Crippen LogP contribution in [0.25, 0.3) is 0 Å². The van der Waals surface area contributed by atoms with Crippen molar-refractivity contribution in [3.63, 3.8) is 0 Å². The third-order valence-electron chi connectivity index (χ3n) is 3.64. The predicted octanol–water partition coefficient (Wildman–Crippen LogP) is 2.64. The molecule has 6 nitrogen and oxygen atoms in total. The molecule has 7 heteroatoms. The van der Waals surface area contributed by atoms with E-state index in [1.54, 1.807) is 63.4 Å². The van der Waals surface area contributed by atoms with Crippen LogP contribution in [-0.2, 0) is 14.8 Å². The van der Waals surface area contributed by atoms with Crippen molar-refractivity contribution in [2.24, 2.45) is 5.92 Å². The van der Waals surface area contributed by atoms with E-state index in [0.717, 1.165) is 0 Å². The van der Waals surface area contributed by atoms with Crippen molar-refractivity contribution >= 4 is 21.6 Å². The molecule has 2 aromatic rings. The third kappa shape index (κ3) is 5.04. The van der Waals surface area contributed by atoms with Crippen molar-refractivity contribution in [1.29, 1.82) is 0 Å². The quantitative estimate of drug-likeness (QED) is 0.793. The van der Waals surface area contributed by atoms with E-state index in [1.165, 1.54) is 12.1 Å². The van der Waals surface area contributed by atoms with Gasteiger partial charge in [-0.2, -0.15) is 4.72 Å². The molecule has 0 aliphatic carbocycles. The van der Waals surface area contributed by atoms with Crippen LogP contribution in [0.15, 0.2) is 59.5 Å². The zero-order chi connectivity index (χ0) is 18.4. The topological polar surface area (TPSA) is 84.5 Å². The zero-order valence-electron chi connectivity index (χ0n) is 14.4. The molecule has 0 heterocycles. The van der Waals surface area contributed by atoms with Crippen molar-refractivity contribution < 1.29 is 17.9 Å². The maximum atomic E-state index is 12.5. The molecule has 0 spiro atoms. The van der Waals surface area contributed by atoms with E-state index in [4.69, 9.17) is 4.74 Å². The Morgan fingerprint density at radius 3 is 2.12 bits per heavy atom. The van der Waals surface area contributed by atoms with E-state index < -0.39 is 22.0 Å². The van der Waals surface area contributed by atoms with Crippen LogP contribution in [0.4, 0.5) is 5.69 Å². The predicted molar refractivity (Wildman–Crippen MR) is 97.0 cm³/mol. The lowest BCUT2D eigenvalue weighted by Crippen LogP contribution is -2.47. The number of amides is 1. The maximum absolute atomic E-state index is 12.5. The zero-order valence-corrected chi connectivity index (χ0v) is 15.2. The second kappa shape index (κ2) is 8.13. The summed E-state index contributed by atoms with van der Waals surface area (Å²) in [5.74, 6) is 0.0274. The molecule has 0 radical (unpaired) electrons. The summed E-state index contributed by atoms with van der Waals surface area (Å²) >= 11 is 0. The normalized spacial score (nSPS) is 12.6. The number of sulfonamides is 1. The fourth-order valence-corrected chi connectivity index (χ4v) is 3.59. The molecule has 25 heavy (non-hydrogen) atoms. The molecule has 134 valence electrons. The Labute approximate surface area is 148 Å². The second-order valence-corrected chi connectivity index (χ2v) is 7.59. The average molecular weight is 362 g/mol. The molecule has 2 aromatic carbocycles. The number of hydrogen-bond acceptors (Lipinski definition) is 4. The van der Waals surface area contributed by atoms with E-state index in [2.05, 4.69) is 10.0 Å². The van der Waals surface area contributed by atoms with E-state index in [9.17, 15) is 13.2 Å². The van der Waals surface area contributed by atoms with Crippen molar-refractivity contribution in [1.82, 2.24) is 4.72 Å². The van der Waals surface area contributed by atoms with Gasteiger partial charge in [-0.1, -0.05) is 32.0 Å². The van der Waals surface area contributed by atoms with Gasteiger partial charge in [0, 0.05) is 5.69 Å². The first kappa shape index (κ1) is 19.0.